The molecule has 1 rings (SSSR count). The first kappa shape index (κ1) is 11.4. The van der Waals surface area contributed by atoms with E-state index in [-0.39, 0.29) is 5.41 Å². The van der Waals surface area contributed by atoms with Crippen LogP contribution in [0, 0.1) is 11.3 Å². The molecule has 0 amide bonds. The molecule has 0 bridgehead atoms. The summed E-state index contributed by atoms with van der Waals surface area (Å²) in [5, 5.41) is 0. The maximum atomic E-state index is 2.39. The van der Waals surface area contributed by atoms with E-state index in [1.165, 1.54) is 5.70 Å². The third kappa shape index (κ3) is 2.20. The minimum atomic E-state index is 0.267. The summed E-state index contributed by atoms with van der Waals surface area (Å²) < 4.78 is 0. The van der Waals surface area contributed by atoms with Crippen LogP contribution >= 0.6 is 0 Å². The third-order valence-corrected chi connectivity index (χ3v) is 3.54. The molecule has 0 fully saturated rings. The second kappa shape index (κ2) is 4.20. The molecule has 0 atom stereocenters. The maximum Gasteiger partial charge on any atom is 0.0206 e. The molecule has 0 saturated heterocycles. The Morgan fingerprint density at radius 2 is 2.00 bits per heavy atom. The van der Waals surface area contributed by atoms with Gasteiger partial charge in [-0.1, -0.05) is 39.8 Å². The molecule has 1 heteroatoms. The molecule has 0 aromatic rings. The van der Waals surface area contributed by atoms with Crippen molar-refractivity contribution >= 4 is 0 Å². The molecule has 14 heavy (non-hydrogen) atoms. The molecule has 80 valence electrons. The van der Waals surface area contributed by atoms with E-state index in [0.29, 0.717) is 5.92 Å². The summed E-state index contributed by atoms with van der Waals surface area (Å²) in [5.74, 6) is 0.669. The zero-order valence-electron chi connectivity index (χ0n) is 10.2. The Hall–Kier alpha value is -0.720. The summed E-state index contributed by atoms with van der Waals surface area (Å²) in [6, 6.07) is 0. The fourth-order valence-electron chi connectivity index (χ4n) is 1.77. The molecule has 1 nitrogen and oxygen atoms in total. The van der Waals surface area contributed by atoms with Crippen molar-refractivity contribution in [2.75, 3.05) is 13.6 Å². The SMILES string of the molecule is CC(C)C(C)(C)C1=CC=CCCN1C. The molecule has 0 aromatic heterocycles. The summed E-state index contributed by atoms with van der Waals surface area (Å²) in [6.07, 6.45) is 7.88. The second-order valence-corrected chi connectivity index (χ2v) is 5.07. The van der Waals surface area contributed by atoms with E-state index in [1.54, 1.807) is 0 Å². The summed E-state index contributed by atoms with van der Waals surface area (Å²) in [6.45, 7) is 10.4. The van der Waals surface area contributed by atoms with E-state index in [1.807, 2.05) is 0 Å². The molecule has 0 saturated carbocycles. The van der Waals surface area contributed by atoms with Crippen LogP contribution in [0.4, 0.5) is 0 Å². The first-order valence-corrected chi connectivity index (χ1v) is 5.54. The van der Waals surface area contributed by atoms with Crippen LogP contribution in [-0.2, 0) is 0 Å². The first-order chi connectivity index (χ1) is 6.46. The van der Waals surface area contributed by atoms with Gasteiger partial charge in [0.2, 0.25) is 0 Å². The van der Waals surface area contributed by atoms with E-state index in [4.69, 9.17) is 0 Å². The highest BCUT2D eigenvalue weighted by molar-refractivity contribution is 5.20. The van der Waals surface area contributed by atoms with E-state index >= 15 is 0 Å². The quantitative estimate of drug-likeness (QED) is 0.649. The van der Waals surface area contributed by atoms with Gasteiger partial charge in [0.25, 0.3) is 0 Å². The summed E-state index contributed by atoms with van der Waals surface area (Å²) in [4.78, 5) is 2.39. The first-order valence-electron chi connectivity index (χ1n) is 5.54. The van der Waals surface area contributed by atoms with Gasteiger partial charge in [0, 0.05) is 24.7 Å². The van der Waals surface area contributed by atoms with Crippen LogP contribution in [0.5, 0.6) is 0 Å². The molecule has 0 radical (unpaired) electrons. The lowest BCUT2D eigenvalue weighted by atomic mass is 9.77. The lowest BCUT2D eigenvalue weighted by Crippen LogP contribution is -2.32. The molecule has 0 unspecified atom stereocenters. The lowest BCUT2D eigenvalue weighted by molar-refractivity contribution is 0.228. The zero-order chi connectivity index (χ0) is 10.8. The van der Waals surface area contributed by atoms with Crippen molar-refractivity contribution in [2.24, 2.45) is 11.3 Å². The van der Waals surface area contributed by atoms with E-state index < -0.39 is 0 Å². The van der Waals surface area contributed by atoms with Crippen molar-refractivity contribution in [2.45, 2.75) is 34.1 Å². The van der Waals surface area contributed by atoms with Gasteiger partial charge in [-0.3, -0.25) is 0 Å². The van der Waals surface area contributed by atoms with Crippen LogP contribution in [0.1, 0.15) is 34.1 Å². The average Bonchev–Trinajstić information content (AvgIpc) is 2.29. The molecule has 1 aliphatic rings. The predicted molar refractivity (Wildman–Crippen MR) is 63.1 cm³/mol. The monoisotopic (exact) mass is 193 g/mol. The standard InChI is InChI=1S/C13H23N/c1-11(2)13(3,4)12-9-7-6-8-10-14(12)5/h6-7,9,11H,8,10H2,1-5H3. The Kier molecular flexibility index (Phi) is 3.41. The Morgan fingerprint density at radius 1 is 1.36 bits per heavy atom. The van der Waals surface area contributed by atoms with Crippen molar-refractivity contribution < 1.29 is 0 Å². The third-order valence-electron chi connectivity index (χ3n) is 3.54. The minimum absolute atomic E-state index is 0.267. The summed E-state index contributed by atoms with van der Waals surface area (Å²) in [7, 11) is 2.20. The Bertz CT molecular complexity index is 246. The summed E-state index contributed by atoms with van der Waals surface area (Å²) >= 11 is 0. The van der Waals surface area contributed by atoms with Crippen LogP contribution in [0.2, 0.25) is 0 Å². The van der Waals surface area contributed by atoms with Gasteiger partial charge < -0.3 is 4.90 Å². The number of allylic oxidation sites excluding steroid dienone is 3. The van der Waals surface area contributed by atoms with Crippen molar-refractivity contribution in [1.29, 1.82) is 0 Å². The Morgan fingerprint density at radius 3 is 2.57 bits per heavy atom. The number of hydrogen-bond donors (Lipinski definition) is 0. The molecule has 0 aromatic carbocycles. The van der Waals surface area contributed by atoms with Crippen molar-refractivity contribution in [1.82, 2.24) is 4.90 Å². The van der Waals surface area contributed by atoms with Gasteiger partial charge in [-0.15, -0.1) is 0 Å². The van der Waals surface area contributed by atoms with E-state index in [2.05, 4.69) is 57.9 Å². The fraction of sp³-hybridized carbons (Fsp3) is 0.692. The van der Waals surface area contributed by atoms with Crippen LogP contribution in [0.3, 0.4) is 0 Å². The molecular formula is C13H23N. The van der Waals surface area contributed by atoms with Gasteiger partial charge in [-0.2, -0.15) is 0 Å². The number of nitrogens with zero attached hydrogens (tertiary/aromatic N) is 1. The van der Waals surface area contributed by atoms with Crippen LogP contribution in [-0.4, -0.2) is 18.5 Å². The molecule has 0 N–H and O–H groups in total. The van der Waals surface area contributed by atoms with E-state index in [9.17, 15) is 0 Å². The van der Waals surface area contributed by atoms with Gasteiger partial charge in [0.05, 0.1) is 0 Å². The minimum Gasteiger partial charge on any atom is -0.377 e. The van der Waals surface area contributed by atoms with Gasteiger partial charge in [0.1, 0.15) is 0 Å². The van der Waals surface area contributed by atoms with Gasteiger partial charge in [0.15, 0.2) is 0 Å². The van der Waals surface area contributed by atoms with Crippen molar-refractivity contribution in [3.05, 3.63) is 23.9 Å². The normalized spacial score (nSPS) is 18.4. The Balaban J connectivity index is 2.93. The highest BCUT2D eigenvalue weighted by Crippen LogP contribution is 2.36. The highest BCUT2D eigenvalue weighted by atomic mass is 15.1. The van der Waals surface area contributed by atoms with Gasteiger partial charge in [-0.05, 0) is 18.4 Å². The number of hydrogen-bond acceptors (Lipinski definition) is 1. The Labute approximate surface area is 88.5 Å². The molecular weight excluding hydrogens is 170 g/mol. The van der Waals surface area contributed by atoms with Crippen LogP contribution in [0.25, 0.3) is 0 Å². The maximum absolute atomic E-state index is 2.39. The largest absolute Gasteiger partial charge is 0.377 e. The molecule has 0 aliphatic carbocycles. The van der Waals surface area contributed by atoms with Crippen molar-refractivity contribution in [3.63, 3.8) is 0 Å². The molecule has 0 spiro atoms. The van der Waals surface area contributed by atoms with Gasteiger partial charge in [-0.25, -0.2) is 0 Å². The highest BCUT2D eigenvalue weighted by Gasteiger charge is 2.29. The predicted octanol–water partition coefficient (Wildman–Crippen LogP) is 3.44. The summed E-state index contributed by atoms with van der Waals surface area (Å²) in [5.41, 5.74) is 1.73. The van der Waals surface area contributed by atoms with E-state index in [0.717, 1.165) is 13.0 Å². The number of rotatable bonds is 2. The van der Waals surface area contributed by atoms with Crippen molar-refractivity contribution in [3.8, 4) is 0 Å². The lowest BCUT2D eigenvalue weighted by Gasteiger charge is -2.37. The molecule has 1 heterocycles. The second-order valence-electron chi connectivity index (χ2n) is 5.07. The topological polar surface area (TPSA) is 3.24 Å². The van der Waals surface area contributed by atoms with Crippen LogP contribution in [0.15, 0.2) is 23.9 Å². The van der Waals surface area contributed by atoms with Gasteiger partial charge >= 0.3 is 0 Å². The smallest absolute Gasteiger partial charge is 0.0206 e. The molecule has 1 aliphatic heterocycles. The fourth-order valence-corrected chi connectivity index (χ4v) is 1.77. The zero-order valence-corrected chi connectivity index (χ0v) is 10.2. The van der Waals surface area contributed by atoms with Crippen LogP contribution < -0.4 is 0 Å². The average molecular weight is 193 g/mol.